The maximum atomic E-state index is 12.3. The lowest BCUT2D eigenvalue weighted by Gasteiger charge is -2.21. The fraction of sp³-hybridized carbons (Fsp3) is 0.278. The number of pyridine rings is 1. The van der Waals surface area contributed by atoms with E-state index >= 15 is 0 Å². The highest BCUT2D eigenvalue weighted by Gasteiger charge is 2.27. The van der Waals surface area contributed by atoms with Gasteiger partial charge in [0.1, 0.15) is 11.4 Å². The molecule has 1 atom stereocenters. The Morgan fingerprint density at radius 2 is 2.16 bits per heavy atom. The third-order valence-electron chi connectivity index (χ3n) is 3.88. The molecule has 1 amide bonds. The van der Waals surface area contributed by atoms with Gasteiger partial charge in [-0.3, -0.25) is 4.79 Å². The highest BCUT2D eigenvalue weighted by molar-refractivity contribution is 5.94. The van der Waals surface area contributed by atoms with Crippen LogP contribution < -0.4 is 5.32 Å². The van der Waals surface area contributed by atoms with Gasteiger partial charge in [-0.15, -0.1) is 0 Å². The maximum Gasteiger partial charge on any atom is 0.252 e. The number of aryl methyl sites for hydroxylation is 2. The van der Waals surface area contributed by atoms with E-state index < -0.39 is 5.60 Å². The first-order chi connectivity index (χ1) is 11.9. The van der Waals surface area contributed by atoms with Gasteiger partial charge in [0.25, 0.3) is 5.91 Å². The van der Waals surface area contributed by atoms with Crippen LogP contribution in [0.1, 0.15) is 34.4 Å². The maximum absolute atomic E-state index is 12.3. The normalized spacial score (nSPS) is 13.4. The van der Waals surface area contributed by atoms with Crippen LogP contribution in [-0.4, -0.2) is 32.3 Å². The number of aliphatic hydroxyl groups is 1. The largest absolute Gasteiger partial charge is 0.466 e. The summed E-state index contributed by atoms with van der Waals surface area (Å²) >= 11 is 0. The smallest absolute Gasteiger partial charge is 0.252 e. The van der Waals surface area contributed by atoms with Gasteiger partial charge in [-0.2, -0.15) is 5.10 Å². The molecule has 0 aromatic carbocycles. The van der Waals surface area contributed by atoms with E-state index in [4.69, 9.17) is 4.42 Å². The Morgan fingerprint density at radius 1 is 1.36 bits per heavy atom. The monoisotopic (exact) mass is 340 g/mol. The van der Waals surface area contributed by atoms with Crippen LogP contribution in [0.5, 0.6) is 0 Å². The van der Waals surface area contributed by atoms with Crippen molar-refractivity contribution in [3.05, 3.63) is 65.5 Å². The molecule has 0 radical (unpaired) electrons. The molecule has 0 aliphatic rings. The van der Waals surface area contributed by atoms with Crippen LogP contribution in [0.3, 0.4) is 0 Å². The zero-order valence-corrected chi connectivity index (χ0v) is 14.4. The molecular weight excluding hydrogens is 320 g/mol. The SMILES string of the molecule is Cc1cc(C)n(-c2ccc(C(=O)NCC(C)(O)c3ccco3)cn2)n1. The number of nitrogens with zero attached hydrogens (tertiary/aromatic N) is 3. The van der Waals surface area contributed by atoms with Gasteiger partial charge in [-0.25, -0.2) is 9.67 Å². The second kappa shape index (κ2) is 6.52. The summed E-state index contributed by atoms with van der Waals surface area (Å²) < 4.78 is 6.91. The number of furan rings is 1. The van der Waals surface area contributed by atoms with Crippen molar-refractivity contribution in [2.45, 2.75) is 26.4 Å². The lowest BCUT2D eigenvalue weighted by molar-refractivity contribution is 0.0330. The first-order valence-electron chi connectivity index (χ1n) is 7.91. The molecule has 7 heteroatoms. The Bertz CT molecular complexity index is 864. The lowest BCUT2D eigenvalue weighted by atomic mass is 10.0. The third kappa shape index (κ3) is 3.61. The van der Waals surface area contributed by atoms with Crippen LogP contribution in [-0.2, 0) is 5.60 Å². The number of aromatic nitrogens is 3. The van der Waals surface area contributed by atoms with E-state index in [1.165, 1.54) is 12.5 Å². The first kappa shape index (κ1) is 16.9. The molecule has 130 valence electrons. The molecule has 0 aliphatic carbocycles. The molecular formula is C18H20N4O3. The Kier molecular flexibility index (Phi) is 4.41. The minimum atomic E-state index is -1.28. The number of carbonyl (C=O) groups is 1. The van der Waals surface area contributed by atoms with E-state index in [1.807, 2.05) is 19.9 Å². The van der Waals surface area contributed by atoms with E-state index in [0.29, 0.717) is 17.1 Å². The van der Waals surface area contributed by atoms with Crippen molar-refractivity contribution in [2.24, 2.45) is 0 Å². The zero-order valence-electron chi connectivity index (χ0n) is 14.4. The molecule has 0 saturated carbocycles. The topological polar surface area (TPSA) is 93.2 Å². The molecule has 3 rings (SSSR count). The van der Waals surface area contributed by atoms with E-state index in [2.05, 4.69) is 15.4 Å². The van der Waals surface area contributed by atoms with Crippen molar-refractivity contribution >= 4 is 5.91 Å². The summed E-state index contributed by atoms with van der Waals surface area (Å²) in [6.07, 6.45) is 2.97. The second-order valence-electron chi connectivity index (χ2n) is 6.18. The number of carbonyl (C=O) groups excluding carboxylic acids is 1. The average molecular weight is 340 g/mol. The standard InChI is InChI=1S/C18H20N4O3/c1-12-9-13(2)22(21-12)16-7-6-14(10-19-16)17(23)20-11-18(3,24)15-5-4-8-25-15/h4-10,24H,11H2,1-3H3,(H,20,23). The van der Waals surface area contributed by atoms with Gasteiger partial charge in [0.2, 0.25) is 0 Å². The van der Waals surface area contributed by atoms with Crippen LogP contribution in [0.15, 0.2) is 47.2 Å². The molecule has 3 heterocycles. The quantitative estimate of drug-likeness (QED) is 0.742. The third-order valence-corrected chi connectivity index (χ3v) is 3.88. The molecule has 0 bridgehead atoms. The van der Waals surface area contributed by atoms with Gasteiger partial charge in [0.05, 0.1) is 24.1 Å². The number of rotatable bonds is 5. The first-order valence-corrected chi connectivity index (χ1v) is 7.91. The predicted octanol–water partition coefficient (Wildman–Crippen LogP) is 2.11. The van der Waals surface area contributed by atoms with Gasteiger partial charge in [-0.05, 0) is 51.1 Å². The predicted molar refractivity (Wildman–Crippen MR) is 91.4 cm³/mol. The summed E-state index contributed by atoms with van der Waals surface area (Å²) in [7, 11) is 0. The summed E-state index contributed by atoms with van der Waals surface area (Å²) in [5.74, 6) is 0.717. The van der Waals surface area contributed by atoms with Gasteiger partial charge in [0.15, 0.2) is 5.82 Å². The fourth-order valence-electron chi connectivity index (χ4n) is 2.53. The van der Waals surface area contributed by atoms with Crippen LogP contribution in [0.25, 0.3) is 5.82 Å². The number of hydrogen-bond donors (Lipinski definition) is 2. The van der Waals surface area contributed by atoms with Crippen molar-refractivity contribution in [1.82, 2.24) is 20.1 Å². The Morgan fingerprint density at radius 3 is 2.72 bits per heavy atom. The minimum absolute atomic E-state index is 0.0263. The Labute approximate surface area is 145 Å². The summed E-state index contributed by atoms with van der Waals surface area (Å²) in [5, 5.41) is 17.4. The van der Waals surface area contributed by atoms with Crippen LogP contribution in [0.2, 0.25) is 0 Å². The summed E-state index contributed by atoms with van der Waals surface area (Å²) in [4.78, 5) is 16.6. The number of hydrogen-bond acceptors (Lipinski definition) is 5. The molecule has 0 fully saturated rings. The van der Waals surface area contributed by atoms with Crippen LogP contribution in [0.4, 0.5) is 0 Å². The zero-order chi connectivity index (χ0) is 18.0. The molecule has 7 nitrogen and oxygen atoms in total. The van der Waals surface area contributed by atoms with Crippen molar-refractivity contribution in [3.63, 3.8) is 0 Å². The van der Waals surface area contributed by atoms with E-state index in [0.717, 1.165) is 11.4 Å². The molecule has 1 unspecified atom stereocenters. The summed E-state index contributed by atoms with van der Waals surface area (Å²) in [6, 6.07) is 8.72. The molecule has 0 spiro atoms. The highest BCUT2D eigenvalue weighted by atomic mass is 16.4. The van der Waals surface area contributed by atoms with Crippen molar-refractivity contribution in [1.29, 1.82) is 0 Å². The van der Waals surface area contributed by atoms with Crippen molar-refractivity contribution in [3.8, 4) is 5.82 Å². The molecule has 0 saturated heterocycles. The van der Waals surface area contributed by atoms with E-state index in [1.54, 1.807) is 35.9 Å². The van der Waals surface area contributed by atoms with Gasteiger partial charge in [-0.1, -0.05) is 0 Å². The molecule has 25 heavy (non-hydrogen) atoms. The molecule has 3 aromatic rings. The van der Waals surface area contributed by atoms with Crippen molar-refractivity contribution in [2.75, 3.05) is 6.54 Å². The van der Waals surface area contributed by atoms with Crippen LogP contribution in [0, 0.1) is 13.8 Å². The average Bonchev–Trinajstić information content (AvgIpc) is 3.23. The Balaban J connectivity index is 1.68. The number of amides is 1. The summed E-state index contributed by atoms with van der Waals surface area (Å²) in [6.45, 7) is 5.46. The van der Waals surface area contributed by atoms with Gasteiger partial charge < -0.3 is 14.8 Å². The second-order valence-corrected chi connectivity index (χ2v) is 6.18. The Hall–Kier alpha value is -2.93. The van der Waals surface area contributed by atoms with Crippen LogP contribution >= 0.6 is 0 Å². The van der Waals surface area contributed by atoms with Crippen molar-refractivity contribution < 1.29 is 14.3 Å². The molecule has 0 aliphatic heterocycles. The van der Waals surface area contributed by atoms with E-state index in [-0.39, 0.29) is 12.5 Å². The van der Waals surface area contributed by atoms with E-state index in [9.17, 15) is 9.90 Å². The lowest BCUT2D eigenvalue weighted by Crippen LogP contribution is -2.38. The molecule has 2 N–H and O–H groups in total. The number of nitrogens with one attached hydrogen (secondary N) is 1. The van der Waals surface area contributed by atoms with Gasteiger partial charge in [0, 0.05) is 11.9 Å². The summed E-state index contributed by atoms with van der Waals surface area (Å²) in [5.41, 5.74) is 0.995. The fourth-order valence-corrected chi connectivity index (χ4v) is 2.53. The molecule has 3 aromatic heterocycles. The minimum Gasteiger partial charge on any atom is -0.466 e. The highest BCUT2D eigenvalue weighted by Crippen LogP contribution is 2.20. The van der Waals surface area contributed by atoms with Gasteiger partial charge >= 0.3 is 0 Å².